The first-order chi connectivity index (χ1) is 11.4. The molecule has 2 N–H and O–H groups in total. The zero-order valence-electron chi connectivity index (χ0n) is 11.5. The van der Waals surface area contributed by atoms with Crippen LogP contribution in [0.5, 0.6) is 5.75 Å². The summed E-state index contributed by atoms with van der Waals surface area (Å²) in [5.74, 6) is -2.76. The van der Waals surface area contributed by atoms with E-state index < -0.39 is 29.0 Å². The number of hydrogen-bond donors (Lipinski definition) is 2. The predicted octanol–water partition coefficient (Wildman–Crippen LogP) is 3.19. The molecule has 2 aliphatic rings. The van der Waals surface area contributed by atoms with Crippen LogP contribution in [0, 0.1) is 5.92 Å². The number of nitrogens with one attached hydrogen (secondary N) is 1. The van der Waals surface area contributed by atoms with E-state index in [2.05, 4.69) is 36.8 Å². The number of thioether (sulfide) groups is 1. The highest BCUT2D eigenvalue weighted by Crippen LogP contribution is 2.55. The Morgan fingerprint density at radius 3 is 2.75 bits per heavy atom. The van der Waals surface area contributed by atoms with Crippen molar-refractivity contribution in [2.45, 2.75) is 16.2 Å². The number of rotatable bonds is 1. The lowest BCUT2D eigenvalue weighted by Crippen LogP contribution is -2.44. The average Bonchev–Trinajstić information content (AvgIpc) is 2.87. The molecule has 0 saturated carbocycles. The number of aliphatic carboxylic acids is 1. The predicted molar refractivity (Wildman–Crippen MR) is 95.0 cm³/mol. The van der Waals surface area contributed by atoms with Crippen LogP contribution in [0.15, 0.2) is 30.9 Å². The Hall–Kier alpha value is -1.10. The lowest BCUT2D eigenvalue weighted by molar-refractivity contribution is -0.147. The summed E-state index contributed by atoms with van der Waals surface area (Å²) in [5, 5.41) is 9.04. The molecule has 1 aromatic heterocycles. The number of esters is 1. The molecule has 0 fully saturated rings. The molecule has 2 aromatic rings. The van der Waals surface area contributed by atoms with Crippen LogP contribution < -0.4 is 9.61 Å². The number of carbonyl (C=O) groups excluding carboxylic acids is 1. The largest absolute Gasteiger partial charge is 0.480 e. The first kappa shape index (κ1) is 16.4. The SMILES string of the molecule is O=C1Oc2c(Br)cc(Br)cc2[C@@H]2c3sc(=O)[nH]c3S[C@@H](C(=O)O)[C@H]12. The standard InChI is InChI=1S/C14H7Br2NO5S2/c15-3-1-4-6-7(13(20)22-8(4)5(16)2-3)10(12(18)19)23-11-9(6)24-14(21)17-11/h1-2,6-7,10H,(H,17,21)(H,18,19)/t6-,7+,10+/m0/s1. The van der Waals surface area contributed by atoms with E-state index in [1.165, 1.54) is 0 Å². The number of carboxylic acids is 1. The number of thiazole rings is 1. The van der Waals surface area contributed by atoms with Gasteiger partial charge in [0.2, 0.25) is 0 Å². The van der Waals surface area contributed by atoms with E-state index in [0.29, 0.717) is 25.7 Å². The quantitative estimate of drug-likeness (QED) is 0.468. The van der Waals surface area contributed by atoms with Crippen LogP contribution in [0.2, 0.25) is 0 Å². The van der Waals surface area contributed by atoms with Crippen molar-refractivity contribution < 1.29 is 19.4 Å². The van der Waals surface area contributed by atoms with Gasteiger partial charge in [0.25, 0.3) is 0 Å². The van der Waals surface area contributed by atoms with Gasteiger partial charge in [-0.15, -0.1) is 0 Å². The van der Waals surface area contributed by atoms with Crippen LogP contribution in [0.3, 0.4) is 0 Å². The number of benzene rings is 1. The molecule has 10 heteroatoms. The fourth-order valence-electron chi connectivity index (χ4n) is 3.04. The fraction of sp³-hybridized carbons (Fsp3) is 0.214. The van der Waals surface area contributed by atoms with Crippen molar-refractivity contribution in [2.24, 2.45) is 5.92 Å². The maximum Gasteiger partial charge on any atom is 0.317 e. The van der Waals surface area contributed by atoms with E-state index in [4.69, 9.17) is 4.74 Å². The first-order valence-electron chi connectivity index (χ1n) is 6.70. The highest BCUT2D eigenvalue weighted by Gasteiger charge is 2.52. The maximum atomic E-state index is 12.5. The smallest absolute Gasteiger partial charge is 0.317 e. The van der Waals surface area contributed by atoms with E-state index in [1.54, 1.807) is 12.1 Å². The van der Waals surface area contributed by atoms with Gasteiger partial charge < -0.3 is 14.8 Å². The van der Waals surface area contributed by atoms with Crippen molar-refractivity contribution >= 4 is 66.9 Å². The lowest BCUT2D eigenvalue weighted by atomic mass is 9.80. The highest BCUT2D eigenvalue weighted by atomic mass is 79.9. The van der Waals surface area contributed by atoms with Crippen molar-refractivity contribution in [1.82, 2.24) is 4.98 Å². The van der Waals surface area contributed by atoms with Crippen LogP contribution in [0.25, 0.3) is 0 Å². The Morgan fingerprint density at radius 1 is 1.29 bits per heavy atom. The molecular weight excluding hydrogens is 486 g/mol. The summed E-state index contributed by atoms with van der Waals surface area (Å²) >= 11 is 8.77. The van der Waals surface area contributed by atoms with Gasteiger partial charge in [0.05, 0.1) is 15.4 Å². The molecule has 2 aliphatic heterocycles. The number of halogens is 2. The molecule has 1 aromatic carbocycles. The highest BCUT2D eigenvalue weighted by molar-refractivity contribution is 9.11. The maximum absolute atomic E-state index is 12.5. The zero-order chi connectivity index (χ0) is 17.2. The fourth-order valence-corrected chi connectivity index (χ4v) is 6.78. The third-order valence-electron chi connectivity index (χ3n) is 3.94. The number of aromatic amines is 1. The van der Waals surface area contributed by atoms with E-state index >= 15 is 0 Å². The van der Waals surface area contributed by atoms with Crippen LogP contribution >= 0.6 is 55.0 Å². The summed E-state index contributed by atoms with van der Waals surface area (Å²) < 4.78 is 6.78. The minimum absolute atomic E-state index is 0.271. The number of aromatic nitrogens is 1. The van der Waals surface area contributed by atoms with E-state index in [0.717, 1.165) is 27.6 Å². The number of ether oxygens (including phenoxy) is 1. The van der Waals surface area contributed by atoms with E-state index in [1.807, 2.05) is 0 Å². The van der Waals surface area contributed by atoms with Crippen LogP contribution in [-0.2, 0) is 9.59 Å². The Labute approximate surface area is 159 Å². The van der Waals surface area contributed by atoms with Gasteiger partial charge in [-0.05, 0) is 28.1 Å². The lowest BCUT2D eigenvalue weighted by Gasteiger charge is -2.37. The third-order valence-corrected chi connectivity index (χ3v) is 7.39. The van der Waals surface area contributed by atoms with Gasteiger partial charge in [-0.1, -0.05) is 39.0 Å². The Kier molecular flexibility index (Phi) is 3.90. The summed E-state index contributed by atoms with van der Waals surface area (Å²) in [6, 6.07) is 3.55. The third kappa shape index (κ3) is 2.39. The van der Waals surface area contributed by atoms with Crippen molar-refractivity contribution in [3.05, 3.63) is 41.2 Å². The summed E-state index contributed by atoms with van der Waals surface area (Å²) in [7, 11) is 0. The van der Waals surface area contributed by atoms with Gasteiger partial charge >= 0.3 is 16.8 Å². The van der Waals surface area contributed by atoms with Gasteiger partial charge in [-0.3, -0.25) is 14.4 Å². The summed E-state index contributed by atoms with van der Waals surface area (Å²) in [6.07, 6.45) is 0. The number of H-pyrrole nitrogens is 1. The van der Waals surface area contributed by atoms with Gasteiger partial charge in [0.1, 0.15) is 11.0 Å². The Balaban J connectivity index is 2.02. The van der Waals surface area contributed by atoms with Crippen LogP contribution in [-0.4, -0.2) is 27.3 Å². The van der Waals surface area contributed by atoms with Gasteiger partial charge in [-0.25, -0.2) is 0 Å². The molecule has 0 saturated heterocycles. The van der Waals surface area contributed by atoms with Crippen molar-refractivity contribution in [3.63, 3.8) is 0 Å². The van der Waals surface area contributed by atoms with Crippen LogP contribution in [0.1, 0.15) is 16.4 Å². The molecular formula is C14H7Br2NO5S2. The molecule has 124 valence electrons. The second-order valence-corrected chi connectivity index (χ2v) is 9.25. The minimum Gasteiger partial charge on any atom is -0.480 e. The van der Waals surface area contributed by atoms with Gasteiger partial charge in [0, 0.05) is 20.8 Å². The molecule has 0 unspecified atom stereocenters. The van der Waals surface area contributed by atoms with Crippen LogP contribution in [0.4, 0.5) is 0 Å². The summed E-state index contributed by atoms with van der Waals surface area (Å²) in [6.45, 7) is 0. The minimum atomic E-state index is -1.11. The molecule has 0 spiro atoms. The second-order valence-electron chi connectivity index (χ2n) is 5.32. The zero-order valence-corrected chi connectivity index (χ0v) is 16.3. The molecule has 6 nitrogen and oxygen atoms in total. The number of carbonyl (C=O) groups is 2. The second kappa shape index (κ2) is 5.72. The number of fused-ring (bicyclic) bond motifs is 5. The molecule has 3 atom stereocenters. The molecule has 0 amide bonds. The Bertz CT molecular complexity index is 953. The van der Waals surface area contributed by atoms with Crippen molar-refractivity contribution in [1.29, 1.82) is 0 Å². The molecule has 0 aliphatic carbocycles. The summed E-state index contributed by atoms with van der Waals surface area (Å²) in [4.78, 5) is 39.1. The number of carboxylic acid groups (broad SMARTS) is 1. The average molecular weight is 493 g/mol. The first-order valence-corrected chi connectivity index (χ1v) is 9.98. The van der Waals surface area contributed by atoms with Gasteiger partial charge in [0.15, 0.2) is 0 Å². The van der Waals surface area contributed by atoms with Crippen molar-refractivity contribution in [2.75, 3.05) is 0 Å². The molecule has 0 radical (unpaired) electrons. The Morgan fingerprint density at radius 2 is 2.04 bits per heavy atom. The number of hydrogen-bond acceptors (Lipinski definition) is 6. The molecule has 0 bridgehead atoms. The molecule has 24 heavy (non-hydrogen) atoms. The topological polar surface area (TPSA) is 96.5 Å². The monoisotopic (exact) mass is 491 g/mol. The summed E-state index contributed by atoms with van der Waals surface area (Å²) in [5.41, 5.74) is 0.684. The van der Waals surface area contributed by atoms with Gasteiger partial charge in [-0.2, -0.15) is 0 Å². The normalized spacial score (nSPS) is 24.6. The van der Waals surface area contributed by atoms with E-state index in [-0.39, 0.29) is 4.87 Å². The van der Waals surface area contributed by atoms with E-state index in [9.17, 15) is 19.5 Å². The molecule has 3 heterocycles. The van der Waals surface area contributed by atoms with Crippen molar-refractivity contribution in [3.8, 4) is 5.75 Å². The molecule has 4 rings (SSSR count).